The molecule has 4 rings (SSSR count). The summed E-state index contributed by atoms with van der Waals surface area (Å²) < 4.78 is 0. The second-order valence-corrected chi connectivity index (χ2v) is 8.04. The Morgan fingerprint density at radius 2 is 2.07 bits per heavy atom. The number of hydrogen-bond acceptors (Lipinski definition) is 4. The van der Waals surface area contributed by atoms with Crippen LogP contribution in [0.1, 0.15) is 49.2 Å². The van der Waals surface area contributed by atoms with Crippen LogP contribution in [0.15, 0.2) is 54.2 Å². The van der Waals surface area contributed by atoms with Crippen molar-refractivity contribution >= 4 is 34.8 Å². The van der Waals surface area contributed by atoms with E-state index in [4.69, 9.17) is 17.3 Å². The van der Waals surface area contributed by atoms with E-state index >= 15 is 0 Å². The van der Waals surface area contributed by atoms with Gasteiger partial charge >= 0.3 is 0 Å². The maximum Gasteiger partial charge on any atom is 0.266 e. The second kappa shape index (κ2) is 7.73. The fourth-order valence-corrected chi connectivity index (χ4v) is 4.50. The number of amides is 2. The van der Waals surface area contributed by atoms with Gasteiger partial charge in [-0.3, -0.25) is 14.6 Å². The lowest BCUT2D eigenvalue weighted by Gasteiger charge is -2.30. The van der Waals surface area contributed by atoms with Crippen LogP contribution in [0.3, 0.4) is 0 Å². The van der Waals surface area contributed by atoms with Crippen molar-refractivity contribution < 1.29 is 9.59 Å². The molecule has 142 valence electrons. The molecule has 2 amide bonds. The van der Waals surface area contributed by atoms with Crippen molar-refractivity contribution in [1.29, 1.82) is 0 Å². The number of fused-ring (bicyclic) bond motifs is 1. The molecule has 1 aromatic heterocycles. The molecule has 3 aromatic rings. The Hall–Kier alpha value is -2.70. The van der Waals surface area contributed by atoms with Gasteiger partial charge in [-0.25, -0.2) is 0 Å². The van der Waals surface area contributed by atoms with E-state index in [9.17, 15) is 9.59 Å². The standard InChI is InChI=1S/C21H18ClN3O2S/c22-15-7-5-13-6-8-18(17(13)9-15)25(21(27)19-10-24-12-28-19)11-14-3-1-2-4-16(14)20(23)26/h1-5,7,9-10,12,18H,6,8,11H2,(H2,23,26)/t18-/m1/s1. The average molecular weight is 412 g/mol. The number of aromatic nitrogens is 1. The number of carbonyl (C=O) groups excluding carboxylic acids is 2. The van der Waals surface area contributed by atoms with Crippen molar-refractivity contribution in [3.63, 3.8) is 0 Å². The van der Waals surface area contributed by atoms with Gasteiger partial charge in [0.15, 0.2) is 0 Å². The van der Waals surface area contributed by atoms with Gasteiger partial charge in [-0.05, 0) is 47.7 Å². The first-order valence-corrected chi connectivity index (χ1v) is 10.2. The summed E-state index contributed by atoms with van der Waals surface area (Å²) in [5, 5.41) is 0.647. The predicted octanol–water partition coefficient (Wildman–Crippen LogP) is 4.23. The normalized spacial score (nSPS) is 15.2. The Bertz CT molecular complexity index is 1040. The number of nitrogens with zero attached hydrogens (tertiary/aromatic N) is 2. The molecule has 28 heavy (non-hydrogen) atoms. The highest BCUT2D eigenvalue weighted by Gasteiger charge is 2.33. The number of primary amides is 1. The topological polar surface area (TPSA) is 76.3 Å². The number of halogens is 1. The van der Waals surface area contributed by atoms with Crippen molar-refractivity contribution in [3.8, 4) is 0 Å². The maximum absolute atomic E-state index is 13.3. The van der Waals surface area contributed by atoms with Gasteiger partial charge < -0.3 is 10.6 Å². The Labute approximate surface area is 171 Å². The SMILES string of the molecule is NC(=O)c1ccccc1CN(C(=O)c1cncs1)[C@@H]1CCc2ccc(Cl)cc21. The molecule has 0 spiro atoms. The molecule has 0 aliphatic heterocycles. The summed E-state index contributed by atoms with van der Waals surface area (Å²) in [6.45, 7) is 0.284. The fourth-order valence-electron chi connectivity index (χ4n) is 3.74. The number of hydrogen-bond donors (Lipinski definition) is 1. The first kappa shape index (κ1) is 18.7. The number of benzene rings is 2. The van der Waals surface area contributed by atoms with Crippen LogP contribution in [0.2, 0.25) is 5.02 Å². The van der Waals surface area contributed by atoms with Crippen LogP contribution in [-0.2, 0) is 13.0 Å². The Kier molecular flexibility index (Phi) is 5.15. The van der Waals surface area contributed by atoms with Crippen LogP contribution in [-0.4, -0.2) is 21.7 Å². The Morgan fingerprint density at radius 1 is 1.25 bits per heavy atom. The van der Waals surface area contributed by atoms with E-state index < -0.39 is 5.91 Å². The zero-order valence-electron chi connectivity index (χ0n) is 15.0. The largest absolute Gasteiger partial charge is 0.366 e. The third kappa shape index (κ3) is 3.53. The minimum atomic E-state index is -0.504. The zero-order valence-corrected chi connectivity index (χ0v) is 16.5. The van der Waals surface area contributed by atoms with Gasteiger partial charge in [-0.1, -0.05) is 35.9 Å². The van der Waals surface area contributed by atoms with E-state index in [1.54, 1.807) is 28.7 Å². The number of nitrogens with two attached hydrogens (primary N) is 1. The van der Waals surface area contributed by atoms with Crippen LogP contribution < -0.4 is 5.73 Å². The highest BCUT2D eigenvalue weighted by Crippen LogP contribution is 2.39. The van der Waals surface area contributed by atoms with Gasteiger partial charge in [-0.2, -0.15) is 0 Å². The lowest BCUT2D eigenvalue weighted by molar-refractivity contribution is 0.0661. The van der Waals surface area contributed by atoms with Crippen molar-refractivity contribution in [2.75, 3.05) is 0 Å². The smallest absolute Gasteiger partial charge is 0.266 e. The molecule has 0 radical (unpaired) electrons. The van der Waals surface area contributed by atoms with Crippen LogP contribution in [0.25, 0.3) is 0 Å². The molecule has 1 heterocycles. The minimum Gasteiger partial charge on any atom is -0.366 e. The summed E-state index contributed by atoms with van der Waals surface area (Å²) in [6.07, 6.45) is 3.26. The summed E-state index contributed by atoms with van der Waals surface area (Å²) in [5.41, 5.74) is 10.6. The average Bonchev–Trinajstić information content (AvgIpc) is 3.35. The molecule has 1 aliphatic carbocycles. The highest BCUT2D eigenvalue weighted by molar-refractivity contribution is 7.11. The summed E-state index contributed by atoms with van der Waals surface area (Å²) in [6, 6.07) is 12.8. The number of thiazole rings is 1. The number of aryl methyl sites for hydroxylation is 1. The fraction of sp³-hybridized carbons (Fsp3) is 0.190. The third-order valence-electron chi connectivity index (χ3n) is 5.06. The molecular formula is C21H18ClN3O2S. The van der Waals surface area contributed by atoms with Gasteiger partial charge in [0.1, 0.15) is 4.88 Å². The lowest BCUT2D eigenvalue weighted by Crippen LogP contribution is -2.34. The summed E-state index contributed by atoms with van der Waals surface area (Å²) in [4.78, 5) is 31.6. The van der Waals surface area contributed by atoms with Gasteiger partial charge in [0, 0.05) is 17.1 Å². The van der Waals surface area contributed by atoms with Crippen LogP contribution in [0.4, 0.5) is 0 Å². The molecule has 7 heteroatoms. The first-order valence-electron chi connectivity index (χ1n) is 8.90. The number of carbonyl (C=O) groups is 2. The quantitative estimate of drug-likeness (QED) is 0.682. The molecule has 1 aliphatic rings. The summed E-state index contributed by atoms with van der Waals surface area (Å²) >= 11 is 7.53. The first-order chi connectivity index (χ1) is 13.5. The van der Waals surface area contributed by atoms with E-state index in [0.29, 0.717) is 15.5 Å². The van der Waals surface area contributed by atoms with Crippen LogP contribution in [0.5, 0.6) is 0 Å². The van der Waals surface area contributed by atoms with Gasteiger partial charge in [0.2, 0.25) is 5.91 Å². The van der Waals surface area contributed by atoms with Gasteiger partial charge in [0.05, 0.1) is 17.7 Å². The molecule has 1 atom stereocenters. The Balaban J connectivity index is 1.76. The monoisotopic (exact) mass is 411 g/mol. The van der Waals surface area contributed by atoms with E-state index in [-0.39, 0.29) is 18.5 Å². The molecule has 0 bridgehead atoms. The molecule has 2 N–H and O–H groups in total. The van der Waals surface area contributed by atoms with Gasteiger partial charge in [0.25, 0.3) is 5.91 Å². The summed E-state index contributed by atoms with van der Waals surface area (Å²) in [5.74, 6) is -0.616. The molecule has 0 saturated carbocycles. The molecule has 0 unspecified atom stereocenters. The molecule has 2 aromatic carbocycles. The maximum atomic E-state index is 13.3. The molecular weight excluding hydrogens is 394 g/mol. The van der Waals surface area contributed by atoms with Crippen molar-refractivity contribution in [1.82, 2.24) is 9.88 Å². The lowest BCUT2D eigenvalue weighted by atomic mass is 10.0. The van der Waals surface area contributed by atoms with E-state index in [0.717, 1.165) is 24.0 Å². The molecule has 0 fully saturated rings. The van der Waals surface area contributed by atoms with E-state index in [2.05, 4.69) is 4.98 Å². The second-order valence-electron chi connectivity index (χ2n) is 6.72. The van der Waals surface area contributed by atoms with E-state index in [1.165, 1.54) is 16.9 Å². The molecule has 0 saturated heterocycles. The van der Waals surface area contributed by atoms with E-state index in [1.807, 2.05) is 30.3 Å². The zero-order chi connectivity index (χ0) is 19.7. The number of rotatable bonds is 5. The van der Waals surface area contributed by atoms with Gasteiger partial charge in [-0.15, -0.1) is 11.3 Å². The third-order valence-corrected chi connectivity index (χ3v) is 6.05. The molecule has 5 nitrogen and oxygen atoms in total. The van der Waals surface area contributed by atoms with Crippen molar-refractivity contribution in [2.24, 2.45) is 5.73 Å². The minimum absolute atomic E-state index is 0.111. The predicted molar refractivity (Wildman–Crippen MR) is 109 cm³/mol. The Morgan fingerprint density at radius 3 is 2.82 bits per heavy atom. The van der Waals surface area contributed by atoms with Crippen molar-refractivity contribution in [2.45, 2.75) is 25.4 Å². The summed E-state index contributed by atoms with van der Waals surface area (Å²) in [7, 11) is 0. The van der Waals surface area contributed by atoms with Crippen LogP contribution >= 0.6 is 22.9 Å². The van der Waals surface area contributed by atoms with Crippen LogP contribution in [0, 0.1) is 0 Å². The highest BCUT2D eigenvalue weighted by atomic mass is 35.5. The van der Waals surface area contributed by atoms with Crippen molar-refractivity contribution in [3.05, 3.63) is 86.3 Å².